The van der Waals surface area contributed by atoms with E-state index in [0.717, 1.165) is 11.3 Å². The molecule has 1 rings (SSSR count). The van der Waals surface area contributed by atoms with Crippen molar-refractivity contribution in [1.82, 2.24) is 0 Å². The fourth-order valence-electron chi connectivity index (χ4n) is 1.20. The summed E-state index contributed by atoms with van der Waals surface area (Å²) < 4.78 is 0. The third kappa shape index (κ3) is 2.04. The molecule has 0 aliphatic carbocycles. The molecule has 1 aromatic rings. The maximum absolute atomic E-state index is 11.0. The second-order valence-corrected chi connectivity index (χ2v) is 3.44. The van der Waals surface area contributed by atoms with Gasteiger partial charge in [0.05, 0.1) is 0 Å². The van der Waals surface area contributed by atoms with Gasteiger partial charge in [0, 0.05) is 12.7 Å². The number of benzene rings is 1. The van der Waals surface area contributed by atoms with Gasteiger partial charge in [0.15, 0.2) is 0 Å². The first kappa shape index (κ1) is 10.1. The molecule has 0 heterocycles. The highest BCUT2D eigenvalue weighted by Gasteiger charge is 2.09. The first-order valence-electron chi connectivity index (χ1n) is 4.07. The quantitative estimate of drug-likeness (QED) is 0.683. The summed E-state index contributed by atoms with van der Waals surface area (Å²) in [4.78, 5) is 12.5. The predicted molar refractivity (Wildman–Crippen MR) is 58.7 cm³/mol. The number of rotatable bonds is 1. The fourth-order valence-corrected chi connectivity index (χ4v) is 1.31. The van der Waals surface area contributed by atoms with Gasteiger partial charge in [0.1, 0.15) is 0 Å². The van der Waals surface area contributed by atoms with Crippen molar-refractivity contribution in [3.8, 4) is 0 Å². The average Bonchev–Trinajstić information content (AvgIpc) is 2.08. The number of hydrogen-bond acceptors (Lipinski definition) is 1. The Bertz CT molecular complexity index is 336. The Morgan fingerprint density at radius 1 is 1.38 bits per heavy atom. The number of thiol groups is 1. The van der Waals surface area contributed by atoms with E-state index in [1.54, 1.807) is 7.05 Å². The maximum atomic E-state index is 11.0. The summed E-state index contributed by atoms with van der Waals surface area (Å²) in [5, 5.41) is -0.242. The molecule has 0 spiro atoms. The zero-order chi connectivity index (χ0) is 10.0. The molecule has 0 fully saturated rings. The summed E-state index contributed by atoms with van der Waals surface area (Å²) in [6.45, 7) is 4.02. The van der Waals surface area contributed by atoms with E-state index < -0.39 is 0 Å². The topological polar surface area (TPSA) is 20.3 Å². The first-order chi connectivity index (χ1) is 6.04. The van der Waals surface area contributed by atoms with Crippen molar-refractivity contribution in [1.29, 1.82) is 0 Å². The van der Waals surface area contributed by atoms with Crippen molar-refractivity contribution >= 4 is 23.6 Å². The molecule has 0 aliphatic rings. The largest absolute Gasteiger partial charge is 0.306 e. The van der Waals surface area contributed by atoms with Gasteiger partial charge < -0.3 is 4.90 Å². The lowest BCUT2D eigenvalue weighted by molar-refractivity contribution is 0.266. The highest BCUT2D eigenvalue weighted by Crippen LogP contribution is 2.22. The van der Waals surface area contributed by atoms with Crippen LogP contribution in [0, 0.1) is 13.8 Å². The number of anilines is 1. The van der Waals surface area contributed by atoms with Crippen molar-refractivity contribution in [2.45, 2.75) is 13.8 Å². The summed E-state index contributed by atoms with van der Waals surface area (Å²) in [6.07, 6.45) is 0. The van der Waals surface area contributed by atoms with E-state index >= 15 is 0 Å². The van der Waals surface area contributed by atoms with Gasteiger partial charge in [-0.25, -0.2) is 0 Å². The third-order valence-corrected chi connectivity index (χ3v) is 2.52. The minimum Gasteiger partial charge on any atom is -0.306 e. The molecule has 1 amide bonds. The third-order valence-electron chi connectivity index (χ3n) is 2.22. The standard InChI is InChI=1S/C10H13NOS/c1-7-5-4-6-9(8(7)2)11(3)10(12)13/h4-6H,1-3H3,(H,12,13). The van der Waals surface area contributed by atoms with E-state index in [2.05, 4.69) is 12.6 Å². The number of nitrogens with zero attached hydrogens (tertiary/aromatic N) is 1. The molecule has 0 aromatic heterocycles. The summed E-state index contributed by atoms with van der Waals surface area (Å²) in [6, 6.07) is 5.87. The average molecular weight is 195 g/mol. The minimum absolute atomic E-state index is 0.242. The van der Waals surface area contributed by atoms with Crippen LogP contribution in [-0.2, 0) is 0 Å². The molecule has 0 radical (unpaired) electrons. The molecule has 0 unspecified atom stereocenters. The van der Waals surface area contributed by atoms with Gasteiger partial charge >= 0.3 is 0 Å². The summed E-state index contributed by atoms with van der Waals surface area (Å²) in [5.41, 5.74) is 3.21. The molecule has 0 atom stereocenters. The Balaban J connectivity index is 3.15. The second-order valence-electron chi connectivity index (χ2n) is 3.06. The number of carbonyl (C=O) groups is 1. The lowest BCUT2D eigenvalue weighted by atomic mass is 10.1. The Morgan fingerprint density at radius 3 is 2.54 bits per heavy atom. The maximum Gasteiger partial charge on any atom is 0.282 e. The molecule has 2 nitrogen and oxygen atoms in total. The molecule has 13 heavy (non-hydrogen) atoms. The van der Waals surface area contributed by atoms with E-state index in [9.17, 15) is 4.79 Å². The van der Waals surface area contributed by atoms with Crippen molar-refractivity contribution in [2.24, 2.45) is 0 Å². The molecule has 0 aliphatic heterocycles. The molecule has 0 saturated heterocycles. The van der Waals surface area contributed by atoms with Crippen LogP contribution in [0.4, 0.5) is 10.5 Å². The smallest absolute Gasteiger partial charge is 0.282 e. The van der Waals surface area contributed by atoms with E-state index in [0.29, 0.717) is 0 Å². The van der Waals surface area contributed by atoms with Gasteiger partial charge in [-0.3, -0.25) is 4.79 Å². The lowest BCUT2D eigenvalue weighted by Gasteiger charge is -2.17. The highest BCUT2D eigenvalue weighted by molar-refractivity contribution is 7.96. The predicted octanol–water partition coefficient (Wildman–Crippen LogP) is 2.79. The fraction of sp³-hybridized carbons (Fsp3) is 0.300. The minimum atomic E-state index is -0.242. The van der Waals surface area contributed by atoms with Gasteiger partial charge in [-0.1, -0.05) is 24.8 Å². The summed E-state index contributed by atoms with van der Waals surface area (Å²) in [7, 11) is 1.72. The molecule has 0 N–H and O–H groups in total. The van der Waals surface area contributed by atoms with Crippen LogP contribution in [0.3, 0.4) is 0 Å². The number of aryl methyl sites for hydroxylation is 1. The van der Waals surface area contributed by atoms with Crippen molar-refractivity contribution in [3.05, 3.63) is 29.3 Å². The Hall–Kier alpha value is -0.960. The normalized spacial score (nSPS) is 9.85. The second kappa shape index (κ2) is 3.83. The van der Waals surface area contributed by atoms with Crippen LogP contribution in [0.2, 0.25) is 0 Å². The number of amides is 1. The zero-order valence-electron chi connectivity index (χ0n) is 8.03. The van der Waals surface area contributed by atoms with Gasteiger partial charge in [0.2, 0.25) is 0 Å². The Kier molecular flexibility index (Phi) is 2.98. The van der Waals surface area contributed by atoms with Crippen molar-refractivity contribution < 1.29 is 4.79 Å². The molecule has 70 valence electrons. The van der Waals surface area contributed by atoms with Crippen LogP contribution < -0.4 is 4.90 Å². The van der Waals surface area contributed by atoms with Crippen molar-refractivity contribution in [2.75, 3.05) is 11.9 Å². The van der Waals surface area contributed by atoms with Gasteiger partial charge in [-0.05, 0) is 31.0 Å². The first-order valence-corrected chi connectivity index (χ1v) is 4.51. The molecule has 3 heteroatoms. The summed E-state index contributed by atoms with van der Waals surface area (Å²) in [5.74, 6) is 0. The zero-order valence-corrected chi connectivity index (χ0v) is 8.93. The molecular weight excluding hydrogens is 182 g/mol. The number of hydrogen-bond donors (Lipinski definition) is 1. The van der Waals surface area contributed by atoms with Gasteiger partial charge in [-0.15, -0.1) is 0 Å². The van der Waals surface area contributed by atoms with Gasteiger partial charge in [0.25, 0.3) is 5.24 Å². The van der Waals surface area contributed by atoms with Crippen LogP contribution >= 0.6 is 12.6 Å². The monoisotopic (exact) mass is 195 g/mol. The summed E-state index contributed by atoms with van der Waals surface area (Å²) >= 11 is 3.77. The SMILES string of the molecule is Cc1cccc(N(C)C(=O)S)c1C. The molecule has 1 aromatic carbocycles. The molecule has 0 bridgehead atoms. The van der Waals surface area contributed by atoms with Gasteiger partial charge in [-0.2, -0.15) is 0 Å². The van der Waals surface area contributed by atoms with E-state index in [1.165, 1.54) is 10.5 Å². The molecule has 0 saturated carbocycles. The highest BCUT2D eigenvalue weighted by atomic mass is 32.1. The van der Waals surface area contributed by atoms with Crippen LogP contribution in [-0.4, -0.2) is 12.3 Å². The van der Waals surface area contributed by atoms with Crippen LogP contribution in [0.1, 0.15) is 11.1 Å². The van der Waals surface area contributed by atoms with Crippen molar-refractivity contribution in [3.63, 3.8) is 0 Å². The lowest BCUT2D eigenvalue weighted by Crippen LogP contribution is -2.20. The number of carbonyl (C=O) groups excluding carboxylic acids is 1. The Morgan fingerprint density at radius 2 is 2.00 bits per heavy atom. The van der Waals surface area contributed by atoms with E-state index in [1.807, 2.05) is 32.0 Å². The van der Waals surface area contributed by atoms with Crippen LogP contribution in [0.5, 0.6) is 0 Å². The Labute approximate surface area is 84.0 Å². The molecular formula is C10H13NOS. The van der Waals surface area contributed by atoms with E-state index in [4.69, 9.17) is 0 Å². The van der Waals surface area contributed by atoms with E-state index in [-0.39, 0.29) is 5.24 Å². The van der Waals surface area contributed by atoms with Crippen LogP contribution in [0.25, 0.3) is 0 Å². The van der Waals surface area contributed by atoms with Crippen LogP contribution in [0.15, 0.2) is 18.2 Å².